The molecular weight excluding hydrogens is 334 g/mol. The van der Waals surface area contributed by atoms with E-state index in [-0.39, 0.29) is 11.9 Å². The molecule has 1 aliphatic heterocycles. The van der Waals surface area contributed by atoms with Crippen LogP contribution in [0, 0.1) is 0 Å². The van der Waals surface area contributed by atoms with Crippen molar-refractivity contribution in [2.24, 2.45) is 0 Å². The smallest absolute Gasteiger partial charge is 0.230 e. The van der Waals surface area contributed by atoms with Crippen LogP contribution in [0.15, 0.2) is 22.8 Å². The highest BCUT2D eigenvalue weighted by molar-refractivity contribution is 8.01. The lowest BCUT2D eigenvalue weighted by molar-refractivity contribution is -0.119. The SMILES string of the molecule is Nc1nnc(SCC(=O)N[C@H]2CCCN(c3ncccn3)C2)s1. The van der Waals surface area contributed by atoms with Crippen LogP contribution in [0.25, 0.3) is 0 Å². The van der Waals surface area contributed by atoms with Gasteiger partial charge in [0, 0.05) is 31.5 Å². The van der Waals surface area contributed by atoms with E-state index in [4.69, 9.17) is 5.73 Å². The number of thioether (sulfide) groups is 1. The fraction of sp³-hybridized carbons (Fsp3) is 0.462. The van der Waals surface area contributed by atoms with E-state index in [1.54, 1.807) is 18.5 Å². The first-order valence-corrected chi connectivity index (χ1v) is 9.04. The molecule has 0 saturated carbocycles. The van der Waals surface area contributed by atoms with Crippen molar-refractivity contribution >= 4 is 40.1 Å². The third-order valence-corrected chi connectivity index (χ3v) is 5.26. The van der Waals surface area contributed by atoms with Crippen molar-refractivity contribution in [3.05, 3.63) is 18.5 Å². The molecule has 122 valence electrons. The molecule has 2 aromatic rings. The van der Waals surface area contributed by atoms with Crippen LogP contribution in [0.2, 0.25) is 0 Å². The molecule has 1 saturated heterocycles. The predicted molar refractivity (Wildman–Crippen MR) is 90.5 cm³/mol. The minimum atomic E-state index is -0.00963. The molecule has 10 heteroatoms. The van der Waals surface area contributed by atoms with Crippen molar-refractivity contribution in [2.45, 2.75) is 23.2 Å². The molecule has 0 radical (unpaired) electrons. The Morgan fingerprint density at radius 1 is 1.43 bits per heavy atom. The Morgan fingerprint density at radius 3 is 3.00 bits per heavy atom. The molecule has 0 aliphatic carbocycles. The number of piperidine rings is 1. The van der Waals surface area contributed by atoms with E-state index < -0.39 is 0 Å². The van der Waals surface area contributed by atoms with Crippen LogP contribution in [0.3, 0.4) is 0 Å². The molecule has 0 aromatic carbocycles. The van der Waals surface area contributed by atoms with Crippen molar-refractivity contribution in [3.8, 4) is 0 Å². The second kappa shape index (κ2) is 7.55. The molecule has 0 bridgehead atoms. The zero-order chi connectivity index (χ0) is 16.1. The molecule has 1 aliphatic rings. The number of carbonyl (C=O) groups is 1. The third-order valence-electron chi connectivity index (χ3n) is 3.37. The maximum Gasteiger partial charge on any atom is 0.230 e. The number of rotatable bonds is 5. The van der Waals surface area contributed by atoms with Crippen molar-refractivity contribution in [1.82, 2.24) is 25.5 Å². The number of amides is 1. The highest BCUT2D eigenvalue weighted by atomic mass is 32.2. The average Bonchev–Trinajstić information content (AvgIpc) is 3.00. The van der Waals surface area contributed by atoms with E-state index in [2.05, 4.69) is 30.4 Å². The molecule has 23 heavy (non-hydrogen) atoms. The number of nitrogens with zero attached hydrogens (tertiary/aromatic N) is 5. The van der Waals surface area contributed by atoms with Crippen LogP contribution in [-0.4, -0.2) is 51.0 Å². The molecule has 3 heterocycles. The quantitative estimate of drug-likeness (QED) is 0.761. The van der Waals surface area contributed by atoms with Crippen LogP contribution < -0.4 is 16.0 Å². The number of hydrogen-bond donors (Lipinski definition) is 2. The Labute approximate surface area is 141 Å². The molecule has 1 amide bonds. The summed E-state index contributed by atoms with van der Waals surface area (Å²) in [7, 11) is 0. The largest absolute Gasteiger partial charge is 0.374 e. The Hall–Kier alpha value is -1.94. The van der Waals surface area contributed by atoms with E-state index in [9.17, 15) is 4.79 Å². The van der Waals surface area contributed by atoms with E-state index in [0.29, 0.717) is 21.2 Å². The van der Waals surface area contributed by atoms with Gasteiger partial charge in [-0.25, -0.2) is 9.97 Å². The molecular formula is C13H17N7OS2. The maximum atomic E-state index is 12.1. The number of nitrogens with two attached hydrogens (primary N) is 1. The Bertz CT molecular complexity index is 651. The number of nitrogen functional groups attached to an aromatic ring is 1. The standard InChI is InChI=1S/C13H17N7OS2/c14-11-18-19-13(23-11)22-8-10(21)17-9-3-1-6-20(7-9)12-15-4-2-5-16-12/h2,4-5,9H,1,3,6-8H2,(H2,14,18)(H,17,21)/t9-/m0/s1. The van der Waals surface area contributed by atoms with Gasteiger partial charge in [-0.15, -0.1) is 10.2 Å². The number of aromatic nitrogens is 4. The van der Waals surface area contributed by atoms with Gasteiger partial charge in [0.1, 0.15) is 0 Å². The number of carbonyl (C=O) groups excluding carboxylic acids is 1. The highest BCUT2D eigenvalue weighted by Gasteiger charge is 2.23. The van der Waals surface area contributed by atoms with Gasteiger partial charge in [-0.2, -0.15) is 0 Å². The molecule has 0 unspecified atom stereocenters. The fourth-order valence-corrected chi connectivity index (χ4v) is 3.85. The summed E-state index contributed by atoms with van der Waals surface area (Å²) in [6.07, 6.45) is 5.43. The normalized spacial score (nSPS) is 17.9. The number of nitrogens with one attached hydrogen (secondary N) is 1. The van der Waals surface area contributed by atoms with Crippen LogP contribution in [0.5, 0.6) is 0 Å². The zero-order valence-electron chi connectivity index (χ0n) is 12.4. The molecule has 3 N–H and O–H groups in total. The highest BCUT2D eigenvalue weighted by Crippen LogP contribution is 2.23. The molecule has 2 aromatic heterocycles. The van der Waals surface area contributed by atoms with E-state index in [1.807, 2.05) is 0 Å². The lowest BCUT2D eigenvalue weighted by atomic mass is 10.1. The van der Waals surface area contributed by atoms with Crippen molar-refractivity contribution < 1.29 is 4.79 Å². The summed E-state index contributed by atoms with van der Waals surface area (Å²) in [5.41, 5.74) is 5.52. The third kappa shape index (κ3) is 4.52. The summed E-state index contributed by atoms with van der Waals surface area (Å²) in [5.74, 6) is 1.02. The lowest BCUT2D eigenvalue weighted by Crippen LogP contribution is -2.48. The molecule has 3 rings (SSSR count). The topological polar surface area (TPSA) is 110 Å². The summed E-state index contributed by atoms with van der Waals surface area (Å²) >= 11 is 2.64. The first kappa shape index (κ1) is 15.9. The monoisotopic (exact) mass is 351 g/mol. The Morgan fingerprint density at radius 2 is 2.26 bits per heavy atom. The molecule has 0 spiro atoms. The first-order chi connectivity index (χ1) is 11.2. The van der Waals surface area contributed by atoms with Gasteiger partial charge in [-0.1, -0.05) is 23.1 Å². The Balaban J connectivity index is 1.48. The second-order valence-corrected chi connectivity index (χ2v) is 7.33. The van der Waals surface area contributed by atoms with Gasteiger partial charge in [0.15, 0.2) is 4.34 Å². The lowest BCUT2D eigenvalue weighted by Gasteiger charge is -2.33. The summed E-state index contributed by atoms with van der Waals surface area (Å²) < 4.78 is 0.709. The average molecular weight is 351 g/mol. The first-order valence-electron chi connectivity index (χ1n) is 7.24. The summed E-state index contributed by atoms with van der Waals surface area (Å²) in [5, 5.41) is 11.1. The predicted octanol–water partition coefficient (Wildman–Crippen LogP) is 0.788. The minimum absolute atomic E-state index is 0.00963. The van der Waals surface area contributed by atoms with E-state index in [1.165, 1.54) is 23.1 Å². The Kier molecular flexibility index (Phi) is 5.23. The fourth-order valence-electron chi connectivity index (χ4n) is 2.41. The van der Waals surface area contributed by atoms with Gasteiger partial charge in [0.2, 0.25) is 17.0 Å². The number of anilines is 2. The van der Waals surface area contributed by atoms with Crippen molar-refractivity contribution in [3.63, 3.8) is 0 Å². The van der Waals surface area contributed by atoms with E-state index >= 15 is 0 Å². The molecule has 1 fully saturated rings. The van der Waals surface area contributed by atoms with Gasteiger partial charge < -0.3 is 16.0 Å². The minimum Gasteiger partial charge on any atom is -0.374 e. The van der Waals surface area contributed by atoms with Crippen LogP contribution in [-0.2, 0) is 4.79 Å². The number of hydrogen-bond acceptors (Lipinski definition) is 9. The summed E-state index contributed by atoms with van der Waals surface area (Å²) in [4.78, 5) is 22.7. The van der Waals surface area contributed by atoms with Crippen molar-refractivity contribution in [1.29, 1.82) is 0 Å². The van der Waals surface area contributed by atoms with Gasteiger partial charge in [-0.05, 0) is 18.9 Å². The van der Waals surface area contributed by atoms with Crippen molar-refractivity contribution in [2.75, 3.05) is 29.5 Å². The summed E-state index contributed by atoms with van der Waals surface area (Å²) in [6.45, 7) is 1.64. The van der Waals surface area contributed by atoms with Gasteiger partial charge in [0.25, 0.3) is 0 Å². The van der Waals surface area contributed by atoms with Crippen LogP contribution in [0.4, 0.5) is 11.1 Å². The second-order valence-electron chi connectivity index (χ2n) is 5.10. The van der Waals surface area contributed by atoms with Gasteiger partial charge in [-0.3, -0.25) is 4.79 Å². The maximum absolute atomic E-state index is 12.1. The van der Waals surface area contributed by atoms with Gasteiger partial charge in [0.05, 0.1) is 5.75 Å². The van der Waals surface area contributed by atoms with E-state index in [0.717, 1.165) is 25.9 Å². The molecule has 1 atom stereocenters. The van der Waals surface area contributed by atoms with Crippen LogP contribution >= 0.6 is 23.1 Å². The van der Waals surface area contributed by atoms with Crippen LogP contribution in [0.1, 0.15) is 12.8 Å². The molecule has 8 nitrogen and oxygen atoms in total. The van der Waals surface area contributed by atoms with Gasteiger partial charge >= 0.3 is 0 Å². The zero-order valence-corrected chi connectivity index (χ0v) is 14.0. The summed E-state index contributed by atoms with van der Waals surface area (Å²) in [6, 6.07) is 1.91.